The van der Waals surface area contributed by atoms with Crippen LogP contribution in [-0.4, -0.2) is 17.4 Å². The number of rotatable bonds is 5. The van der Waals surface area contributed by atoms with Crippen molar-refractivity contribution >= 4 is 17.2 Å². The Morgan fingerprint density at radius 3 is 2.53 bits per heavy atom. The van der Waals surface area contributed by atoms with E-state index in [1.54, 1.807) is 0 Å². The van der Waals surface area contributed by atoms with Crippen LogP contribution in [0.4, 0.5) is 0 Å². The first-order valence-corrected chi connectivity index (χ1v) is 7.47. The zero-order valence-electron chi connectivity index (χ0n) is 11.4. The van der Waals surface area contributed by atoms with Crippen molar-refractivity contribution < 1.29 is 4.79 Å². The Bertz CT molecular complexity index is 516. The average Bonchev–Trinajstić information content (AvgIpc) is 2.94. The first-order chi connectivity index (χ1) is 9.20. The van der Waals surface area contributed by atoms with Crippen molar-refractivity contribution in [2.24, 2.45) is 0 Å². The van der Waals surface area contributed by atoms with Crippen molar-refractivity contribution in [3.63, 3.8) is 0 Å². The minimum absolute atomic E-state index is 0.137. The number of carbonyl (C=O) groups excluding carboxylic acids is 1. The van der Waals surface area contributed by atoms with Gasteiger partial charge in [-0.3, -0.25) is 4.79 Å². The lowest BCUT2D eigenvalue weighted by atomic mass is 10.1. The van der Waals surface area contributed by atoms with Gasteiger partial charge in [0.05, 0.1) is 4.88 Å². The fraction of sp³-hybridized carbons (Fsp3) is 0.312. The van der Waals surface area contributed by atoms with E-state index in [1.807, 2.05) is 22.4 Å². The normalized spacial score (nSPS) is 10.4. The van der Waals surface area contributed by atoms with Gasteiger partial charge in [0, 0.05) is 13.1 Å². The zero-order valence-corrected chi connectivity index (χ0v) is 12.2. The Morgan fingerprint density at radius 1 is 1.21 bits per heavy atom. The molecule has 2 aromatic rings. The Labute approximate surface area is 118 Å². The van der Waals surface area contributed by atoms with Gasteiger partial charge in [-0.1, -0.05) is 42.8 Å². The van der Waals surface area contributed by atoms with Crippen LogP contribution in [0.3, 0.4) is 0 Å². The Morgan fingerprint density at radius 2 is 1.95 bits per heavy atom. The van der Waals surface area contributed by atoms with Crippen molar-refractivity contribution in [1.82, 2.24) is 4.90 Å². The van der Waals surface area contributed by atoms with Gasteiger partial charge < -0.3 is 4.90 Å². The molecule has 0 atom stereocenters. The van der Waals surface area contributed by atoms with E-state index in [9.17, 15) is 4.79 Å². The summed E-state index contributed by atoms with van der Waals surface area (Å²) >= 11 is 1.51. The van der Waals surface area contributed by atoms with Crippen molar-refractivity contribution in [3.05, 3.63) is 57.8 Å². The maximum absolute atomic E-state index is 12.4. The quantitative estimate of drug-likeness (QED) is 0.803. The van der Waals surface area contributed by atoms with E-state index in [0.717, 1.165) is 17.8 Å². The minimum Gasteiger partial charge on any atom is -0.334 e. The highest BCUT2D eigenvalue weighted by Crippen LogP contribution is 2.15. The van der Waals surface area contributed by atoms with Crippen LogP contribution in [0, 0.1) is 6.92 Å². The molecule has 19 heavy (non-hydrogen) atoms. The molecule has 0 aliphatic carbocycles. The summed E-state index contributed by atoms with van der Waals surface area (Å²) in [5, 5.41) is 1.95. The van der Waals surface area contributed by atoms with Crippen LogP contribution in [0.5, 0.6) is 0 Å². The van der Waals surface area contributed by atoms with E-state index < -0.39 is 0 Å². The molecule has 0 aliphatic heterocycles. The van der Waals surface area contributed by atoms with E-state index in [2.05, 4.69) is 38.1 Å². The van der Waals surface area contributed by atoms with Gasteiger partial charge in [-0.25, -0.2) is 0 Å². The molecule has 100 valence electrons. The fourth-order valence-corrected chi connectivity index (χ4v) is 2.68. The molecule has 2 nitrogen and oxygen atoms in total. The molecule has 1 heterocycles. The number of benzene rings is 1. The minimum atomic E-state index is 0.137. The summed E-state index contributed by atoms with van der Waals surface area (Å²) in [6.07, 6.45) is 0.975. The summed E-state index contributed by atoms with van der Waals surface area (Å²) in [6.45, 7) is 5.66. The summed E-state index contributed by atoms with van der Waals surface area (Å²) in [6, 6.07) is 12.2. The van der Waals surface area contributed by atoms with Gasteiger partial charge in [0.2, 0.25) is 0 Å². The number of hydrogen-bond donors (Lipinski definition) is 0. The van der Waals surface area contributed by atoms with Gasteiger partial charge in [0.1, 0.15) is 0 Å². The Kier molecular flexibility index (Phi) is 4.74. The van der Waals surface area contributed by atoms with Crippen LogP contribution < -0.4 is 0 Å². The molecular formula is C16H19NOS. The smallest absolute Gasteiger partial charge is 0.264 e. The van der Waals surface area contributed by atoms with Gasteiger partial charge >= 0.3 is 0 Å². The molecule has 0 saturated carbocycles. The Balaban J connectivity index is 2.11. The second-order valence-electron chi connectivity index (χ2n) is 4.69. The predicted octanol–water partition coefficient (Wildman–Crippen LogP) is 4.11. The number of amides is 1. The van der Waals surface area contributed by atoms with Crippen molar-refractivity contribution in [2.75, 3.05) is 6.54 Å². The molecule has 0 fully saturated rings. The molecule has 0 bridgehead atoms. The summed E-state index contributed by atoms with van der Waals surface area (Å²) in [5.41, 5.74) is 2.43. The third kappa shape index (κ3) is 3.67. The molecule has 0 N–H and O–H groups in total. The van der Waals surface area contributed by atoms with Crippen LogP contribution in [0.1, 0.15) is 34.1 Å². The lowest BCUT2D eigenvalue weighted by molar-refractivity contribution is 0.0748. The monoisotopic (exact) mass is 273 g/mol. The summed E-state index contributed by atoms with van der Waals surface area (Å²) in [4.78, 5) is 15.2. The lowest BCUT2D eigenvalue weighted by Gasteiger charge is -2.21. The van der Waals surface area contributed by atoms with Gasteiger partial charge in [0.25, 0.3) is 5.91 Å². The maximum atomic E-state index is 12.4. The number of hydrogen-bond acceptors (Lipinski definition) is 2. The Hall–Kier alpha value is -1.61. The van der Waals surface area contributed by atoms with Crippen molar-refractivity contribution in [2.45, 2.75) is 26.8 Å². The molecule has 0 saturated heterocycles. The van der Waals surface area contributed by atoms with Crippen LogP contribution in [0.2, 0.25) is 0 Å². The van der Waals surface area contributed by atoms with E-state index >= 15 is 0 Å². The van der Waals surface area contributed by atoms with Gasteiger partial charge in [0.15, 0.2) is 0 Å². The average molecular weight is 273 g/mol. The number of carbonyl (C=O) groups is 1. The molecule has 1 amide bonds. The SMILES string of the molecule is CCCN(Cc1ccc(C)cc1)C(=O)c1cccs1. The van der Waals surface area contributed by atoms with Crippen LogP contribution >= 0.6 is 11.3 Å². The highest BCUT2D eigenvalue weighted by atomic mass is 32.1. The predicted molar refractivity (Wildman–Crippen MR) is 80.5 cm³/mol. The van der Waals surface area contributed by atoms with Crippen molar-refractivity contribution in [3.8, 4) is 0 Å². The van der Waals surface area contributed by atoms with Crippen molar-refractivity contribution in [1.29, 1.82) is 0 Å². The molecule has 0 aliphatic rings. The molecule has 0 unspecified atom stereocenters. The summed E-state index contributed by atoms with van der Waals surface area (Å²) in [5.74, 6) is 0.137. The fourth-order valence-electron chi connectivity index (χ4n) is 1.99. The second kappa shape index (κ2) is 6.53. The third-order valence-corrected chi connectivity index (χ3v) is 3.86. The highest BCUT2D eigenvalue weighted by Gasteiger charge is 2.15. The van der Waals surface area contributed by atoms with E-state index in [-0.39, 0.29) is 5.91 Å². The number of nitrogens with zero attached hydrogens (tertiary/aromatic N) is 1. The molecular weight excluding hydrogens is 254 g/mol. The van der Waals surface area contributed by atoms with Gasteiger partial charge in [-0.15, -0.1) is 11.3 Å². The first kappa shape index (κ1) is 13.8. The zero-order chi connectivity index (χ0) is 13.7. The van der Waals surface area contributed by atoms with Crippen LogP contribution in [0.25, 0.3) is 0 Å². The molecule has 2 rings (SSSR count). The van der Waals surface area contributed by atoms with Crippen LogP contribution in [0.15, 0.2) is 41.8 Å². The number of thiophene rings is 1. The topological polar surface area (TPSA) is 20.3 Å². The maximum Gasteiger partial charge on any atom is 0.264 e. The number of aryl methyl sites for hydroxylation is 1. The van der Waals surface area contributed by atoms with Gasteiger partial charge in [-0.2, -0.15) is 0 Å². The largest absolute Gasteiger partial charge is 0.334 e. The first-order valence-electron chi connectivity index (χ1n) is 6.59. The molecule has 3 heteroatoms. The van der Waals surface area contributed by atoms with Crippen LogP contribution in [-0.2, 0) is 6.54 Å². The molecule has 1 aromatic heterocycles. The van der Waals surface area contributed by atoms with E-state index in [1.165, 1.54) is 22.5 Å². The van der Waals surface area contributed by atoms with E-state index in [4.69, 9.17) is 0 Å². The van der Waals surface area contributed by atoms with Gasteiger partial charge in [-0.05, 0) is 30.4 Å². The van der Waals surface area contributed by atoms with E-state index in [0.29, 0.717) is 6.54 Å². The standard InChI is InChI=1S/C16H19NOS/c1-3-10-17(16(18)15-5-4-11-19-15)12-14-8-6-13(2)7-9-14/h4-9,11H,3,10,12H2,1-2H3. The third-order valence-electron chi connectivity index (χ3n) is 3.01. The molecule has 0 spiro atoms. The summed E-state index contributed by atoms with van der Waals surface area (Å²) in [7, 11) is 0. The lowest BCUT2D eigenvalue weighted by Crippen LogP contribution is -2.30. The molecule has 0 radical (unpaired) electrons. The highest BCUT2D eigenvalue weighted by molar-refractivity contribution is 7.12. The summed E-state index contributed by atoms with van der Waals surface area (Å²) < 4.78 is 0. The molecule has 1 aromatic carbocycles. The second-order valence-corrected chi connectivity index (χ2v) is 5.64.